The van der Waals surface area contributed by atoms with E-state index < -0.39 is 24.0 Å². The van der Waals surface area contributed by atoms with Crippen LogP contribution in [-0.4, -0.2) is 24.0 Å². The van der Waals surface area contributed by atoms with E-state index in [-0.39, 0.29) is 11.9 Å². The average molecular weight is 357 g/mol. The Morgan fingerprint density at radius 1 is 1.08 bits per heavy atom. The van der Waals surface area contributed by atoms with Crippen LogP contribution in [0.25, 0.3) is 0 Å². The Hall–Kier alpha value is -2.89. The summed E-state index contributed by atoms with van der Waals surface area (Å²) in [7, 11) is 0. The first-order valence-electron chi connectivity index (χ1n) is 8.51. The zero-order valence-electron chi connectivity index (χ0n) is 14.4. The molecule has 26 heavy (non-hydrogen) atoms. The molecule has 0 radical (unpaired) electrons. The molecular formula is C20H20FNO4. The number of hydrogen-bond acceptors (Lipinski definition) is 4. The second-order valence-electron chi connectivity index (χ2n) is 6.22. The van der Waals surface area contributed by atoms with E-state index in [9.17, 15) is 14.0 Å². The zero-order chi connectivity index (χ0) is 18.5. The van der Waals surface area contributed by atoms with Gasteiger partial charge in [-0.25, -0.2) is 9.18 Å². The van der Waals surface area contributed by atoms with Crippen LogP contribution in [-0.2, 0) is 14.3 Å². The van der Waals surface area contributed by atoms with E-state index in [1.54, 1.807) is 24.3 Å². The van der Waals surface area contributed by atoms with Gasteiger partial charge >= 0.3 is 5.97 Å². The molecule has 136 valence electrons. The number of halogens is 1. The van der Waals surface area contributed by atoms with Crippen LogP contribution in [0.15, 0.2) is 54.6 Å². The fourth-order valence-electron chi connectivity index (χ4n) is 2.38. The second kappa shape index (κ2) is 7.99. The van der Waals surface area contributed by atoms with Gasteiger partial charge in [0.1, 0.15) is 11.6 Å². The Balaban J connectivity index is 1.67. The maximum absolute atomic E-state index is 12.9. The molecule has 6 heteroatoms. The van der Waals surface area contributed by atoms with Crippen molar-refractivity contribution in [2.75, 3.05) is 0 Å². The highest BCUT2D eigenvalue weighted by molar-refractivity contribution is 5.86. The first-order valence-corrected chi connectivity index (χ1v) is 8.51. The molecule has 1 aliphatic carbocycles. The highest BCUT2D eigenvalue weighted by Gasteiger charge is 2.32. The van der Waals surface area contributed by atoms with Crippen LogP contribution in [0.2, 0.25) is 0 Å². The third-order valence-corrected chi connectivity index (χ3v) is 3.96. The fourth-order valence-corrected chi connectivity index (χ4v) is 2.38. The minimum atomic E-state index is -1.04. The van der Waals surface area contributed by atoms with Crippen molar-refractivity contribution in [1.82, 2.24) is 5.32 Å². The van der Waals surface area contributed by atoms with Crippen molar-refractivity contribution in [2.45, 2.75) is 38.0 Å². The van der Waals surface area contributed by atoms with Gasteiger partial charge in [-0.3, -0.25) is 4.79 Å². The normalized spacial score (nSPS) is 15.6. The molecule has 2 aromatic rings. The van der Waals surface area contributed by atoms with Crippen LogP contribution in [0.4, 0.5) is 4.39 Å². The number of carbonyl (C=O) groups excluding carboxylic acids is 2. The van der Waals surface area contributed by atoms with Crippen LogP contribution in [0.3, 0.4) is 0 Å². The summed E-state index contributed by atoms with van der Waals surface area (Å²) in [4.78, 5) is 24.9. The van der Waals surface area contributed by atoms with E-state index in [0.717, 1.165) is 12.8 Å². The van der Waals surface area contributed by atoms with Crippen LogP contribution in [0.5, 0.6) is 5.75 Å². The summed E-state index contributed by atoms with van der Waals surface area (Å²) >= 11 is 0. The molecule has 2 unspecified atom stereocenters. The summed E-state index contributed by atoms with van der Waals surface area (Å²) in [5.74, 6) is -1.07. The van der Waals surface area contributed by atoms with Gasteiger partial charge in [0, 0.05) is 11.6 Å². The van der Waals surface area contributed by atoms with Crippen LogP contribution in [0, 0.1) is 5.82 Å². The highest BCUT2D eigenvalue weighted by atomic mass is 19.1. The number of benzene rings is 2. The molecule has 0 aromatic heterocycles. The molecule has 2 aromatic carbocycles. The molecule has 1 amide bonds. The Labute approximate surface area is 151 Å². The molecule has 1 aliphatic rings. The summed E-state index contributed by atoms with van der Waals surface area (Å²) in [6.07, 6.45) is -0.111. The van der Waals surface area contributed by atoms with Crippen molar-refractivity contribution in [2.24, 2.45) is 0 Å². The Morgan fingerprint density at radius 2 is 1.73 bits per heavy atom. The summed E-state index contributed by atoms with van der Waals surface area (Å²) in [5, 5.41) is 2.85. The minimum absolute atomic E-state index is 0.153. The number of amides is 1. The highest BCUT2D eigenvalue weighted by Crippen LogP contribution is 2.24. The van der Waals surface area contributed by atoms with Crippen molar-refractivity contribution in [3.8, 4) is 5.75 Å². The zero-order valence-corrected chi connectivity index (χ0v) is 14.4. The molecular weight excluding hydrogens is 337 g/mol. The SMILES string of the molecule is CC(Oc1ccc(F)cc1)C(=O)OC(C(=O)NC1CC1)c1ccccc1. The summed E-state index contributed by atoms with van der Waals surface area (Å²) in [6.45, 7) is 1.52. The van der Waals surface area contributed by atoms with Crippen molar-refractivity contribution in [3.05, 3.63) is 66.0 Å². The van der Waals surface area contributed by atoms with Crippen molar-refractivity contribution in [1.29, 1.82) is 0 Å². The van der Waals surface area contributed by atoms with Gasteiger partial charge < -0.3 is 14.8 Å². The third-order valence-electron chi connectivity index (χ3n) is 3.96. The number of carbonyl (C=O) groups is 2. The molecule has 1 saturated carbocycles. The van der Waals surface area contributed by atoms with Gasteiger partial charge in [0.05, 0.1) is 0 Å². The van der Waals surface area contributed by atoms with E-state index in [4.69, 9.17) is 9.47 Å². The molecule has 2 atom stereocenters. The fraction of sp³-hybridized carbons (Fsp3) is 0.300. The molecule has 0 bridgehead atoms. The van der Waals surface area contributed by atoms with E-state index in [1.165, 1.54) is 31.2 Å². The number of ether oxygens (including phenoxy) is 2. The lowest BCUT2D eigenvalue weighted by atomic mass is 10.1. The van der Waals surface area contributed by atoms with Crippen molar-refractivity contribution in [3.63, 3.8) is 0 Å². The second-order valence-corrected chi connectivity index (χ2v) is 6.22. The summed E-state index contributed by atoms with van der Waals surface area (Å²) < 4.78 is 23.9. The van der Waals surface area contributed by atoms with Gasteiger partial charge in [0.15, 0.2) is 6.10 Å². The first-order chi connectivity index (χ1) is 12.5. The van der Waals surface area contributed by atoms with Gasteiger partial charge in [-0.2, -0.15) is 0 Å². The molecule has 3 rings (SSSR count). The van der Waals surface area contributed by atoms with E-state index in [2.05, 4.69) is 5.32 Å². The van der Waals surface area contributed by atoms with E-state index >= 15 is 0 Å². The Kier molecular flexibility index (Phi) is 5.51. The number of hydrogen-bond donors (Lipinski definition) is 1. The first kappa shape index (κ1) is 17.9. The lowest BCUT2D eigenvalue weighted by Gasteiger charge is -2.20. The third kappa shape index (κ3) is 4.81. The predicted octanol–water partition coefficient (Wildman–Crippen LogP) is 3.16. The van der Waals surface area contributed by atoms with Gasteiger partial charge in [0.2, 0.25) is 6.10 Å². The molecule has 0 saturated heterocycles. The summed E-state index contributed by atoms with van der Waals surface area (Å²) in [5.41, 5.74) is 0.591. The molecule has 0 heterocycles. The quantitative estimate of drug-likeness (QED) is 0.773. The van der Waals surface area contributed by atoms with Crippen LogP contribution >= 0.6 is 0 Å². The van der Waals surface area contributed by atoms with Gasteiger partial charge in [-0.1, -0.05) is 30.3 Å². The summed E-state index contributed by atoms with van der Waals surface area (Å²) in [6, 6.07) is 14.3. The minimum Gasteiger partial charge on any atom is -0.479 e. The lowest BCUT2D eigenvalue weighted by molar-refractivity contribution is -0.162. The molecule has 5 nitrogen and oxygen atoms in total. The lowest BCUT2D eigenvalue weighted by Crippen LogP contribution is -2.36. The maximum atomic E-state index is 12.9. The largest absolute Gasteiger partial charge is 0.479 e. The number of esters is 1. The van der Waals surface area contributed by atoms with Crippen molar-refractivity contribution < 1.29 is 23.5 Å². The number of rotatable bonds is 7. The molecule has 1 N–H and O–H groups in total. The van der Waals surface area contributed by atoms with Crippen molar-refractivity contribution >= 4 is 11.9 Å². The molecule has 1 fully saturated rings. The van der Waals surface area contributed by atoms with E-state index in [1.807, 2.05) is 6.07 Å². The topological polar surface area (TPSA) is 64.6 Å². The predicted molar refractivity (Wildman–Crippen MR) is 92.9 cm³/mol. The monoisotopic (exact) mass is 357 g/mol. The maximum Gasteiger partial charge on any atom is 0.348 e. The number of nitrogens with one attached hydrogen (secondary N) is 1. The van der Waals surface area contributed by atoms with Gasteiger partial charge in [0.25, 0.3) is 5.91 Å². The molecule has 0 aliphatic heterocycles. The van der Waals surface area contributed by atoms with Crippen LogP contribution in [0.1, 0.15) is 31.4 Å². The smallest absolute Gasteiger partial charge is 0.348 e. The van der Waals surface area contributed by atoms with Gasteiger partial charge in [-0.15, -0.1) is 0 Å². The Bertz CT molecular complexity index is 759. The standard InChI is InChI=1S/C20H20FNO4/c1-13(25-17-11-7-15(21)8-12-17)20(24)26-18(14-5-3-2-4-6-14)19(23)22-16-9-10-16/h2-8,11-13,16,18H,9-10H2,1H3,(H,22,23). The Morgan fingerprint density at radius 3 is 2.35 bits per heavy atom. The van der Waals surface area contributed by atoms with E-state index in [0.29, 0.717) is 11.3 Å². The van der Waals surface area contributed by atoms with Gasteiger partial charge in [-0.05, 0) is 44.0 Å². The average Bonchev–Trinajstić information content (AvgIpc) is 3.46. The molecule has 0 spiro atoms. The van der Waals surface area contributed by atoms with Crippen LogP contribution < -0.4 is 10.1 Å².